The topological polar surface area (TPSA) is 59.0 Å². The van der Waals surface area contributed by atoms with E-state index in [1.807, 2.05) is 0 Å². The van der Waals surface area contributed by atoms with E-state index in [0.717, 1.165) is 44.9 Å². The van der Waals surface area contributed by atoms with Crippen molar-refractivity contribution in [1.82, 2.24) is 9.80 Å². The Kier molecular flexibility index (Phi) is 25.1. The zero-order chi connectivity index (χ0) is 19.3. The SMILES string of the molecule is CCCCN(CCCC)CCCN(CC[S-])CC([O-])=NCC[S-].[O]=[99Tc+3]. The number of rotatable bonds is 16. The van der Waals surface area contributed by atoms with Crippen molar-refractivity contribution < 1.29 is 27.5 Å². The minimum atomic E-state index is -0.0628. The molecule has 0 aliphatic rings. The molecule has 0 unspecified atom stereocenters. The van der Waals surface area contributed by atoms with Crippen LogP contribution in [0.3, 0.4) is 0 Å². The van der Waals surface area contributed by atoms with E-state index in [0.29, 0.717) is 24.6 Å². The van der Waals surface area contributed by atoms with Gasteiger partial charge in [0, 0.05) is 13.1 Å². The first-order valence-electron chi connectivity index (χ1n) is 9.14. The Balaban J connectivity index is 0. The van der Waals surface area contributed by atoms with Crippen LogP contribution in [0.2, 0.25) is 0 Å². The minimum absolute atomic E-state index is 0.0628. The van der Waals surface area contributed by atoms with E-state index >= 15 is 0 Å². The van der Waals surface area contributed by atoms with E-state index in [4.69, 9.17) is 28.8 Å². The summed E-state index contributed by atoms with van der Waals surface area (Å²) in [6.07, 6.45) is 6.08. The van der Waals surface area contributed by atoms with Crippen molar-refractivity contribution in [2.24, 2.45) is 4.99 Å². The molecular weight excluding hydrogens is 441 g/mol. The van der Waals surface area contributed by atoms with E-state index in [-0.39, 0.29) is 5.90 Å². The van der Waals surface area contributed by atoms with Crippen molar-refractivity contribution in [3.8, 4) is 0 Å². The van der Waals surface area contributed by atoms with Crippen LogP contribution in [0.15, 0.2) is 4.99 Å². The predicted octanol–water partition coefficient (Wildman–Crippen LogP) is 1.31. The van der Waals surface area contributed by atoms with Gasteiger partial charge in [0.1, 0.15) is 0 Å². The molecule has 8 heteroatoms. The molecule has 0 aromatic rings. The van der Waals surface area contributed by atoms with Crippen molar-refractivity contribution in [2.75, 3.05) is 57.3 Å². The third-order valence-corrected chi connectivity index (χ3v) is 4.12. The van der Waals surface area contributed by atoms with Gasteiger partial charge in [0.2, 0.25) is 0 Å². The molecule has 148 valence electrons. The molecule has 0 aliphatic carbocycles. The zero-order valence-electron chi connectivity index (χ0n) is 15.8. The van der Waals surface area contributed by atoms with E-state index in [9.17, 15) is 5.11 Å². The summed E-state index contributed by atoms with van der Waals surface area (Å²) in [5.41, 5.74) is 0. The number of hydrogen-bond acceptors (Lipinski definition) is 7. The Labute approximate surface area is 176 Å². The Hall–Kier alpha value is 0.539. The Morgan fingerprint density at radius 1 is 0.880 bits per heavy atom. The molecule has 0 spiro atoms. The summed E-state index contributed by atoms with van der Waals surface area (Å²) in [7, 11) is 0. The quantitative estimate of drug-likeness (QED) is 0.191. The molecule has 5 nitrogen and oxygen atoms in total. The van der Waals surface area contributed by atoms with Gasteiger partial charge in [-0.3, -0.25) is 0 Å². The first-order chi connectivity index (χ1) is 12.2. The van der Waals surface area contributed by atoms with Crippen LogP contribution in [-0.2, 0) is 47.6 Å². The number of nitrogens with zero attached hydrogens (tertiary/aromatic N) is 3. The van der Waals surface area contributed by atoms with Gasteiger partial charge >= 0.3 is 22.4 Å². The molecule has 0 heterocycles. The fourth-order valence-corrected chi connectivity index (χ4v) is 2.78. The predicted molar refractivity (Wildman–Crippen MR) is 105 cm³/mol. The summed E-state index contributed by atoms with van der Waals surface area (Å²) in [5.74, 6) is 1.10. The van der Waals surface area contributed by atoms with Gasteiger partial charge < -0.3 is 45.2 Å². The Morgan fingerprint density at radius 2 is 1.40 bits per heavy atom. The van der Waals surface area contributed by atoms with Crippen LogP contribution in [0.5, 0.6) is 0 Å². The van der Waals surface area contributed by atoms with Gasteiger partial charge in [-0.2, -0.15) is 11.5 Å². The maximum absolute atomic E-state index is 11.8. The van der Waals surface area contributed by atoms with Crippen LogP contribution in [0, 0.1) is 0 Å². The Morgan fingerprint density at radius 3 is 1.88 bits per heavy atom. The average molecular weight is 476 g/mol. The summed E-state index contributed by atoms with van der Waals surface area (Å²) < 4.78 is 8.22. The molecular formula is C17H34N3O2S2Tc. The van der Waals surface area contributed by atoms with E-state index < -0.39 is 0 Å². The van der Waals surface area contributed by atoms with Crippen molar-refractivity contribution in [3.05, 3.63) is 0 Å². The molecule has 0 atom stereocenters. The summed E-state index contributed by atoms with van der Waals surface area (Å²) in [6, 6.07) is 0. The molecule has 0 bridgehead atoms. The second-order valence-corrected chi connectivity index (χ2v) is 6.68. The zero-order valence-corrected chi connectivity index (χ0v) is 19.2. The van der Waals surface area contributed by atoms with Gasteiger partial charge in [-0.05, 0) is 57.9 Å². The third kappa shape index (κ3) is 19.1. The molecule has 0 saturated carbocycles. The molecule has 0 rings (SSSR count). The molecule has 25 heavy (non-hydrogen) atoms. The van der Waals surface area contributed by atoms with Crippen LogP contribution >= 0.6 is 0 Å². The summed E-state index contributed by atoms with van der Waals surface area (Å²) in [5, 5.41) is 11.8. The van der Waals surface area contributed by atoms with Gasteiger partial charge in [-0.1, -0.05) is 26.7 Å². The molecule has 0 aliphatic heterocycles. The van der Waals surface area contributed by atoms with Crippen LogP contribution in [0.1, 0.15) is 46.0 Å². The normalized spacial score (nSPS) is 11.6. The number of hydrogen-bond donors (Lipinski definition) is 0. The first kappa shape index (κ1) is 27.8. The molecule has 0 radical (unpaired) electrons. The molecule has 0 aromatic carbocycles. The standard InChI is InChI=1S/C17H37N3OS2.O.Tc/c1-3-5-9-19(10-6-4-2)11-7-12-20(13-15-23)16-17(21)18-8-14-22;;/h22-23H,3-16H2,1-2H3,(H,18,21);;/q;;+3/p-3/i;;1+1. The second-order valence-electron chi connectivity index (χ2n) is 5.86. The van der Waals surface area contributed by atoms with E-state index in [1.54, 1.807) is 0 Å². The summed E-state index contributed by atoms with van der Waals surface area (Å²) >= 11 is 10.8. The van der Waals surface area contributed by atoms with Gasteiger partial charge in [0.15, 0.2) is 0 Å². The van der Waals surface area contributed by atoms with E-state index in [1.165, 1.54) is 38.8 Å². The van der Waals surface area contributed by atoms with Gasteiger partial charge in [0.25, 0.3) is 0 Å². The molecule has 0 aromatic heterocycles. The van der Waals surface area contributed by atoms with Crippen LogP contribution < -0.4 is 5.11 Å². The first-order valence-corrected chi connectivity index (χ1v) is 11.1. The monoisotopic (exact) mass is 475 g/mol. The second kappa shape index (κ2) is 22.6. The number of unbranched alkanes of at least 4 members (excludes halogenated alkanes) is 2. The van der Waals surface area contributed by atoms with Crippen LogP contribution in [0.25, 0.3) is 0 Å². The third-order valence-electron chi connectivity index (χ3n) is 3.75. The Bertz CT molecular complexity index is 306. The summed E-state index contributed by atoms with van der Waals surface area (Å²) in [4.78, 5) is 8.66. The fourth-order valence-electron chi connectivity index (χ4n) is 2.43. The van der Waals surface area contributed by atoms with Gasteiger partial charge in [-0.25, -0.2) is 0 Å². The molecule has 0 amide bonds. The van der Waals surface area contributed by atoms with Crippen molar-refractivity contribution >= 4 is 31.2 Å². The van der Waals surface area contributed by atoms with Gasteiger partial charge in [-0.15, -0.1) is 0 Å². The van der Waals surface area contributed by atoms with Crippen molar-refractivity contribution in [1.29, 1.82) is 0 Å². The summed E-state index contributed by atoms with van der Waals surface area (Å²) in [6.45, 7) is 10.5. The van der Waals surface area contributed by atoms with Crippen molar-refractivity contribution in [3.63, 3.8) is 0 Å². The maximum atomic E-state index is 11.8. The van der Waals surface area contributed by atoms with Crippen LogP contribution in [0.4, 0.5) is 0 Å². The van der Waals surface area contributed by atoms with Crippen LogP contribution in [-0.4, -0.2) is 73.0 Å². The average Bonchev–Trinajstić information content (AvgIpc) is 2.63. The molecule has 0 N–H and O–H groups in total. The fraction of sp³-hybridized carbons (Fsp3) is 0.941. The van der Waals surface area contributed by atoms with E-state index in [2.05, 4.69) is 28.6 Å². The molecule has 0 fully saturated rings. The molecule has 0 saturated heterocycles. The van der Waals surface area contributed by atoms with Crippen molar-refractivity contribution in [2.45, 2.75) is 46.0 Å². The van der Waals surface area contributed by atoms with Gasteiger partial charge in [0.05, 0.1) is 0 Å². The number of aliphatic imine (C=N–C) groups is 1.